The van der Waals surface area contributed by atoms with Crippen LogP contribution in [0.15, 0.2) is 52.3 Å². The summed E-state index contributed by atoms with van der Waals surface area (Å²) in [5, 5.41) is 9.23. The monoisotopic (exact) mass is 350 g/mol. The van der Waals surface area contributed by atoms with Crippen LogP contribution in [0.2, 0.25) is 5.02 Å². The summed E-state index contributed by atoms with van der Waals surface area (Å²) in [7, 11) is 0. The van der Waals surface area contributed by atoms with Crippen molar-refractivity contribution in [2.24, 2.45) is 0 Å². The van der Waals surface area contributed by atoms with Crippen molar-refractivity contribution in [3.8, 4) is 0 Å². The topological polar surface area (TPSA) is 63.6 Å². The largest absolute Gasteiger partial charge is 0.481 e. The summed E-state index contributed by atoms with van der Waals surface area (Å²) in [6.07, 6.45) is -0.0992. The zero-order valence-corrected chi connectivity index (χ0v) is 14.0. The van der Waals surface area contributed by atoms with Gasteiger partial charge < -0.3 is 9.84 Å². The van der Waals surface area contributed by atoms with Gasteiger partial charge in [0.15, 0.2) is 0 Å². The van der Waals surface area contributed by atoms with E-state index in [1.807, 2.05) is 18.2 Å². The summed E-state index contributed by atoms with van der Waals surface area (Å²) >= 11 is 7.58. The average Bonchev–Trinajstić information content (AvgIpc) is 2.50. The maximum absolute atomic E-state index is 11.6. The molecule has 23 heavy (non-hydrogen) atoms. The van der Waals surface area contributed by atoms with Gasteiger partial charge in [0.25, 0.3) is 0 Å². The summed E-state index contributed by atoms with van der Waals surface area (Å²) in [6, 6.07) is 12.4. The molecule has 0 aromatic heterocycles. The lowest BCUT2D eigenvalue weighted by molar-refractivity contribution is -0.136. The Morgan fingerprint density at radius 2 is 1.78 bits per heavy atom. The highest BCUT2D eigenvalue weighted by Gasteiger charge is 2.09. The van der Waals surface area contributed by atoms with E-state index in [4.69, 9.17) is 21.4 Å². The number of rotatable bonds is 6. The first-order valence-electron chi connectivity index (χ1n) is 6.95. The minimum Gasteiger partial charge on any atom is -0.481 e. The number of carbonyl (C=O) groups excluding carboxylic acids is 1. The van der Waals surface area contributed by atoms with Gasteiger partial charge in [-0.2, -0.15) is 0 Å². The van der Waals surface area contributed by atoms with E-state index in [9.17, 15) is 9.59 Å². The number of esters is 1. The van der Waals surface area contributed by atoms with Crippen LogP contribution < -0.4 is 0 Å². The van der Waals surface area contributed by atoms with Crippen molar-refractivity contribution in [2.45, 2.75) is 23.1 Å². The molecule has 0 bridgehead atoms. The molecule has 0 fully saturated rings. The Morgan fingerprint density at radius 1 is 1.13 bits per heavy atom. The third-order valence-corrected chi connectivity index (χ3v) is 4.32. The summed E-state index contributed by atoms with van der Waals surface area (Å²) in [6.45, 7) is 2.11. The van der Waals surface area contributed by atoms with Crippen LogP contribution in [-0.4, -0.2) is 23.7 Å². The van der Waals surface area contributed by atoms with Crippen molar-refractivity contribution in [3.05, 3.63) is 58.6 Å². The molecule has 2 aromatic carbocycles. The number of carboxylic acid groups (broad SMARTS) is 1. The highest BCUT2D eigenvalue weighted by molar-refractivity contribution is 7.99. The molecule has 0 aliphatic rings. The number of aliphatic carboxylic acids is 1. The van der Waals surface area contributed by atoms with Crippen LogP contribution in [-0.2, 0) is 16.0 Å². The number of halogens is 1. The SMILES string of the molecule is CCOC(=O)c1ccc(Sc2ccc(CC(=O)O)c(Cl)c2)cc1. The molecule has 6 heteroatoms. The van der Waals surface area contributed by atoms with E-state index in [1.165, 1.54) is 11.8 Å². The Balaban J connectivity index is 2.08. The van der Waals surface area contributed by atoms with E-state index in [-0.39, 0.29) is 12.4 Å². The number of carboxylic acids is 1. The average molecular weight is 351 g/mol. The minimum atomic E-state index is -0.915. The van der Waals surface area contributed by atoms with Crippen molar-refractivity contribution in [3.63, 3.8) is 0 Å². The second-order valence-corrected chi connectivity index (χ2v) is 6.22. The molecule has 4 nitrogen and oxygen atoms in total. The quantitative estimate of drug-likeness (QED) is 0.787. The van der Waals surface area contributed by atoms with Gasteiger partial charge in [-0.05, 0) is 48.9 Å². The Bertz CT molecular complexity index is 713. The molecule has 0 radical (unpaired) electrons. The molecule has 0 heterocycles. The molecule has 0 saturated heterocycles. The van der Waals surface area contributed by atoms with Gasteiger partial charge in [-0.3, -0.25) is 4.79 Å². The van der Waals surface area contributed by atoms with Crippen molar-refractivity contribution >= 4 is 35.3 Å². The number of hydrogen-bond donors (Lipinski definition) is 1. The minimum absolute atomic E-state index is 0.0992. The van der Waals surface area contributed by atoms with Crippen molar-refractivity contribution in [2.75, 3.05) is 6.61 Å². The third-order valence-electron chi connectivity index (χ3n) is 2.97. The molecule has 0 amide bonds. The fraction of sp³-hybridized carbons (Fsp3) is 0.176. The van der Waals surface area contributed by atoms with E-state index < -0.39 is 5.97 Å². The predicted molar refractivity (Wildman–Crippen MR) is 89.3 cm³/mol. The molecule has 0 aliphatic heterocycles. The lowest BCUT2D eigenvalue weighted by atomic mass is 10.1. The van der Waals surface area contributed by atoms with E-state index in [0.29, 0.717) is 22.8 Å². The van der Waals surface area contributed by atoms with Crippen LogP contribution in [0.25, 0.3) is 0 Å². The Hall–Kier alpha value is -1.98. The molecular formula is C17H15ClO4S. The van der Waals surface area contributed by atoms with Crippen LogP contribution in [0, 0.1) is 0 Å². The van der Waals surface area contributed by atoms with Gasteiger partial charge in [-0.25, -0.2) is 4.79 Å². The van der Waals surface area contributed by atoms with Gasteiger partial charge in [0.1, 0.15) is 0 Å². The summed E-state index contributed by atoms with van der Waals surface area (Å²) < 4.78 is 4.94. The summed E-state index contributed by atoms with van der Waals surface area (Å²) in [5.74, 6) is -1.26. The Labute approximate surface area is 143 Å². The van der Waals surface area contributed by atoms with Gasteiger partial charge in [0.2, 0.25) is 0 Å². The zero-order chi connectivity index (χ0) is 16.8. The van der Waals surface area contributed by atoms with Gasteiger partial charge >= 0.3 is 11.9 Å². The summed E-state index contributed by atoms with van der Waals surface area (Å²) in [4.78, 5) is 24.2. The first kappa shape index (κ1) is 17.4. The normalized spacial score (nSPS) is 10.3. The number of benzene rings is 2. The lowest BCUT2D eigenvalue weighted by Crippen LogP contribution is -2.03. The fourth-order valence-corrected chi connectivity index (χ4v) is 3.08. The lowest BCUT2D eigenvalue weighted by Gasteiger charge is -2.06. The number of ether oxygens (including phenoxy) is 1. The second kappa shape index (κ2) is 8.04. The Kier molecular flexibility index (Phi) is 6.07. The second-order valence-electron chi connectivity index (χ2n) is 4.67. The molecular weight excluding hydrogens is 336 g/mol. The van der Waals surface area contributed by atoms with E-state index in [2.05, 4.69) is 0 Å². The van der Waals surface area contributed by atoms with Gasteiger partial charge in [-0.1, -0.05) is 29.4 Å². The van der Waals surface area contributed by atoms with Crippen molar-refractivity contribution in [1.29, 1.82) is 0 Å². The van der Waals surface area contributed by atoms with Gasteiger partial charge in [0, 0.05) is 14.8 Å². The molecule has 2 rings (SSSR count). The molecule has 0 spiro atoms. The van der Waals surface area contributed by atoms with Crippen LogP contribution >= 0.6 is 23.4 Å². The highest BCUT2D eigenvalue weighted by Crippen LogP contribution is 2.31. The van der Waals surface area contributed by atoms with Gasteiger partial charge in [0.05, 0.1) is 18.6 Å². The highest BCUT2D eigenvalue weighted by atomic mass is 35.5. The Morgan fingerprint density at radius 3 is 2.35 bits per heavy atom. The van der Waals surface area contributed by atoms with Crippen LogP contribution in [0.1, 0.15) is 22.8 Å². The van der Waals surface area contributed by atoms with Crippen LogP contribution in [0.5, 0.6) is 0 Å². The smallest absolute Gasteiger partial charge is 0.338 e. The van der Waals surface area contributed by atoms with Crippen LogP contribution in [0.4, 0.5) is 0 Å². The maximum Gasteiger partial charge on any atom is 0.338 e. The van der Waals surface area contributed by atoms with E-state index >= 15 is 0 Å². The fourth-order valence-electron chi connectivity index (χ4n) is 1.91. The van der Waals surface area contributed by atoms with E-state index in [1.54, 1.807) is 31.2 Å². The predicted octanol–water partition coefficient (Wildman–Crippen LogP) is 4.30. The maximum atomic E-state index is 11.6. The molecule has 0 saturated carbocycles. The zero-order valence-electron chi connectivity index (χ0n) is 12.4. The van der Waals surface area contributed by atoms with Crippen molar-refractivity contribution < 1.29 is 19.4 Å². The van der Waals surface area contributed by atoms with Crippen molar-refractivity contribution in [1.82, 2.24) is 0 Å². The molecule has 120 valence electrons. The number of hydrogen-bond acceptors (Lipinski definition) is 4. The standard InChI is InChI=1S/C17H15ClO4S/c1-2-22-17(21)11-3-6-13(7-4-11)23-14-8-5-12(9-16(19)20)15(18)10-14/h3-8,10H,2,9H2,1H3,(H,19,20). The third kappa shape index (κ3) is 5.01. The first-order valence-corrected chi connectivity index (χ1v) is 8.14. The van der Waals surface area contributed by atoms with Crippen LogP contribution in [0.3, 0.4) is 0 Å². The number of carbonyl (C=O) groups is 2. The van der Waals surface area contributed by atoms with Gasteiger partial charge in [-0.15, -0.1) is 0 Å². The molecule has 0 atom stereocenters. The molecule has 2 aromatic rings. The molecule has 0 unspecified atom stereocenters. The summed E-state index contributed by atoms with van der Waals surface area (Å²) in [5.41, 5.74) is 1.09. The first-order chi connectivity index (χ1) is 11.0. The molecule has 1 N–H and O–H groups in total. The van der Waals surface area contributed by atoms with E-state index in [0.717, 1.165) is 9.79 Å². The molecule has 0 aliphatic carbocycles.